The fourth-order valence-corrected chi connectivity index (χ4v) is 15.2. The number of rotatable bonds is 40. The van der Waals surface area contributed by atoms with E-state index in [-0.39, 0.29) is 0 Å². The number of benzene rings is 9. The van der Waals surface area contributed by atoms with Crippen LogP contribution in [0.2, 0.25) is 0 Å². The first-order valence-electron chi connectivity index (χ1n) is 38.3. The number of unbranched alkanes of at least 4 members (excludes halogenated alkanes) is 30. The molecule has 624 valence electrons. The molecule has 0 fully saturated rings. The average Bonchev–Trinajstić information content (AvgIpc) is 0.668. The second-order valence-corrected chi connectivity index (χ2v) is 28.8. The molecule has 0 saturated carbocycles. The Hall–Kier alpha value is -8.12. The summed E-state index contributed by atoms with van der Waals surface area (Å²) in [6, 6.07) is 8.90. The van der Waals surface area contributed by atoms with Gasteiger partial charge in [-0.1, -0.05) is 200 Å². The zero-order valence-electron chi connectivity index (χ0n) is 62.4. The number of quaternary nitrogens is 1. The van der Waals surface area contributed by atoms with Crippen LogP contribution in [-0.4, -0.2) is 26.3 Å². The van der Waals surface area contributed by atoms with Crippen LogP contribution in [0.1, 0.15) is 219 Å². The lowest BCUT2D eigenvalue weighted by atomic mass is 9.12. The number of nitrogens with one attached hydrogen (secondary N) is 1. The van der Waals surface area contributed by atoms with Gasteiger partial charge in [-0.25, -0.2) is 123 Å². The van der Waals surface area contributed by atoms with Gasteiger partial charge in [-0.05, 0) is 31.4 Å². The highest BCUT2D eigenvalue weighted by Gasteiger charge is 2.53. The fourth-order valence-electron chi connectivity index (χ4n) is 15.2. The molecule has 1 atom stereocenters. The first-order valence-corrected chi connectivity index (χ1v) is 38.3. The molecule has 0 aliphatic carbocycles. The number of fused-ring (bicyclic) bond motifs is 4. The van der Waals surface area contributed by atoms with Gasteiger partial charge in [0.15, 0.2) is 116 Å². The van der Waals surface area contributed by atoms with Gasteiger partial charge in [0.25, 0.3) is 0 Å². The maximum Gasteiger partial charge on any atom is 0.198 e. The molecule has 0 aromatic heterocycles. The molecule has 0 heterocycles. The first-order chi connectivity index (χ1) is 54.3. The minimum atomic E-state index is -7.99. The largest absolute Gasteiger partial charge is 0.494 e. The smallest absolute Gasteiger partial charge is 0.198 e. The molecule has 0 bridgehead atoms. The van der Waals surface area contributed by atoms with Crippen molar-refractivity contribution in [2.45, 2.75) is 219 Å². The number of hydrogen-bond acceptors (Lipinski definition) is 1. The maximum atomic E-state index is 17.4. The zero-order valence-corrected chi connectivity index (χ0v) is 62.4. The van der Waals surface area contributed by atoms with Gasteiger partial charge in [0, 0.05) is 12.1 Å². The van der Waals surface area contributed by atoms with Crippen molar-refractivity contribution in [2.75, 3.05) is 20.2 Å². The highest BCUT2D eigenvalue weighted by Crippen LogP contribution is 2.42. The summed E-state index contributed by atoms with van der Waals surface area (Å²) in [5, 5.41) is -25.0. The minimum absolute atomic E-state index is 0.861. The van der Waals surface area contributed by atoms with E-state index in [1.807, 2.05) is 0 Å². The standard InChI is InChI=1S/C43H81NO.C40BF28/c1-4-6-8-10-12-14-16-18-20-22-24-26-28-30-32-34-40-44(3)42-36-38-43(39-37-42)45-41-35-33-31-29-27-25-23-21-19-17-15-13-11-9-7-5-2;42-13-1-5(25(54)37(66)33(62)21(1)50)17(46)29(58)9(13)41(10-14(43)2-6(18(47)30(10)59)26(55)38(67)34(63)22(2)51,11-15(44)3-7(19(48)31(11)60)27(56)39(68)35(64)23(3)52)12-16(45)4-8(20(49)32(12)61)28(57)40(69)36(65)24(4)53/h36-39H,4-35,40-41H2,1-3H3;/q;-1/p+1. The van der Waals surface area contributed by atoms with Crippen LogP contribution < -0.4 is 31.5 Å². The summed E-state index contributed by atoms with van der Waals surface area (Å²) in [6.45, 7) is 6.70. The van der Waals surface area contributed by atoms with E-state index in [1.165, 1.54) is 223 Å². The summed E-state index contributed by atoms with van der Waals surface area (Å²) in [6.07, 6.45) is 37.6. The van der Waals surface area contributed by atoms with Gasteiger partial charge in [0.2, 0.25) is 0 Å². The molecule has 1 unspecified atom stereocenters. The van der Waals surface area contributed by atoms with Crippen molar-refractivity contribution in [2.24, 2.45) is 0 Å². The molecule has 0 saturated heterocycles. The lowest BCUT2D eigenvalue weighted by Gasteiger charge is -2.45. The van der Waals surface area contributed by atoms with E-state index >= 15 is 87.8 Å². The molecule has 31 heteroatoms. The van der Waals surface area contributed by atoms with Gasteiger partial charge in [0.05, 0.1) is 63.3 Å². The van der Waals surface area contributed by atoms with Crippen molar-refractivity contribution < 1.29 is 133 Å². The molecule has 114 heavy (non-hydrogen) atoms. The van der Waals surface area contributed by atoms with Crippen LogP contribution in [0.25, 0.3) is 43.1 Å². The normalized spacial score (nSPS) is 12.3. The summed E-state index contributed by atoms with van der Waals surface area (Å²) in [5.41, 5.74) is -14.5. The second kappa shape index (κ2) is 41.1. The predicted molar refractivity (Wildman–Crippen MR) is 381 cm³/mol. The summed E-state index contributed by atoms with van der Waals surface area (Å²) < 4.78 is 448. The Morgan fingerprint density at radius 3 is 0.596 bits per heavy atom. The quantitative estimate of drug-likeness (QED) is 0.0133. The van der Waals surface area contributed by atoms with Crippen molar-refractivity contribution in [3.8, 4) is 5.75 Å². The predicted octanol–water partition coefficient (Wildman–Crippen LogP) is 25.3. The molecule has 1 N–H and O–H groups in total. The number of hydrogen-bond donors (Lipinski definition) is 1. The molecule has 9 rings (SSSR count). The van der Waals surface area contributed by atoms with Gasteiger partial charge in [0.1, 0.15) is 64.1 Å². The summed E-state index contributed by atoms with van der Waals surface area (Å²) in [5.74, 6) is -101. The van der Waals surface area contributed by atoms with Crippen molar-refractivity contribution in [3.63, 3.8) is 0 Å². The van der Waals surface area contributed by atoms with Crippen molar-refractivity contribution in [3.05, 3.63) is 187 Å². The Kier molecular flexibility index (Phi) is 33.0. The fraction of sp³-hybridized carbons (Fsp3) is 0.446. The first kappa shape index (κ1) is 91.4. The van der Waals surface area contributed by atoms with Crippen LogP contribution in [0.5, 0.6) is 5.75 Å². The highest BCUT2D eigenvalue weighted by molar-refractivity contribution is 7.20. The second-order valence-electron chi connectivity index (χ2n) is 28.8. The Balaban J connectivity index is 0.000000315. The van der Waals surface area contributed by atoms with E-state index in [2.05, 4.69) is 45.2 Å². The topological polar surface area (TPSA) is 13.7 Å². The van der Waals surface area contributed by atoms with E-state index in [0.717, 1.165) is 12.4 Å². The van der Waals surface area contributed by atoms with Gasteiger partial charge in [-0.15, -0.1) is 21.9 Å². The van der Waals surface area contributed by atoms with Gasteiger partial charge >= 0.3 is 0 Å². The average molecular weight is 1650 g/mol. The lowest BCUT2D eigenvalue weighted by molar-refractivity contribution is -0.810. The third-order valence-electron chi connectivity index (χ3n) is 21.2. The van der Waals surface area contributed by atoms with Crippen LogP contribution in [-0.2, 0) is 0 Å². The molecule has 2 nitrogen and oxygen atoms in total. The number of halogens is 28. The van der Waals surface area contributed by atoms with Crippen LogP contribution >= 0.6 is 0 Å². The van der Waals surface area contributed by atoms with Crippen LogP contribution in [0.4, 0.5) is 129 Å². The SMILES string of the molecule is CCCCCCCCCCCCCCCCCCOc1ccc([NH+](C)CCCCCCCCCCCCCCCCCC)cc1.Fc1c(F)c(F)c2c(F)c([B-](c3c(F)c(F)c4c(F)c(F)c(F)c(F)c4c3F)(c3c(F)c(F)c4c(F)c(F)c(F)c(F)c4c3F)c3c(F)c(F)c4c(F)c(F)c(F)c(F)c4c3F)c(F)c(F)c2c1F. The Morgan fingerprint density at radius 1 is 0.211 bits per heavy atom. The molecule has 0 aliphatic rings. The van der Waals surface area contributed by atoms with E-state index in [1.54, 1.807) is 0 Å². The minimum Gasteiger partial charge on any atom is -0.494 e. The van der Waals surface area contributed by atoms with Crippen molar-refractivity contribution in [1.82, 2.24) is 0 Å². The molecular formula is C83H82BF28NO. The molecule has 0 radical (unpaired) electrons. The third-order valence-corrected chi connectivity index (χ3v) is 21.2. The van der Waals surface area contributed by atoms with E-state index < -0.39 is 234 Å². The zero-order chi connectivity index (χ0) is 83.9. The maximum absolute atomic E-state index is 17.4. The van der Waals surface area contributed by atoms with Crippen LogP contribution in [0, 0.1) is 163 Å². The third kappa shape index (κ3) is 18.6. The lowest BCUT2D eigenvalue weighted by Crippen LogP contribution is -3.03. The molecule has 9 aromatic rings. The van der Waals surface area contributed by atoms with E-state index in [4.69, 9.17) is 4.74 Å². The van der Waals surface area contributed by atoms with Gasteiger partial charge < -0.3 is 9.64 Å². The Labute approximate surface area is 639 Å². The monoisotopic (exact) mass is 1650 g/mol. The molecule has 0 spiro atoms. The van der Waals surface area contributed by atoms with Crippen LogP contribution in [0.15, 0.2) is 24.3 Å². The van der Waals surface area contributed by atoms with Gasteiger partial charge in [-0.3, -0.25) is 0 Å². The van der Waals surface area contributed by atoms with Gasteiger partial charge in [-0.2, -0.15) is 0 Å². The molecule has 0 amide bonds. The molecule has 9 aromatic carbocycles. The summed E-state index contributed by atoms with van der Waals surface area (Å²) in [4.78, 5) is 1.53. The Morgan fingerprint density at radius 2 is 0.386 bits per heavy atom. The van der Waals surface area contributed by atoms with E-state index in [9.17, 15) is 35.1 Å². The van der Waals surface area contributed by atoms with Crippen molar-refractivity contribution in [1.29, 1.82) is 0 Å². The summed E-state index contributed by atoms with van der Waals surface area (Å²) in [7, 11) is 2.32. The highest BCUT2D eigenvalue weighted by atomic mass is 19.2. The van der Waals surface area contributed by atoms with Crippen molar-refractivity contribution >= 4 is 76.8 Å². The molecular weight excluding hydrogens is 1570 g/mol. The van der Waals surface area contributed by atoms with E-state index in [0.29, 0.717) is 0 Å². The van der Waals surface area contributed by atoms with Crippen LogP contribution in [0.3, 0.4) is 0 Å². The number of ether oxygens (including phenoxy) is 1. The Bertz CT molecular complexity index is 4430. The molecule has 0 aliphatic heterocycles. The summed E-state index contributed by atoms with van der Waals surface area (Å²) >= 11 is 0.